The zero-order valence-electron chi connectivity index (χ0n) is 12.5. The van der Waals surface area contributed by atoms with Crippen molar-refractivity contribution >= 4 is 17.8 Å². The van der Waals surface area contributed by atoms with E-state index in [1.165, 1.54) is 0 Å². The Hall–Kier alpha value is -1.59. The first-order valence-corrected chi connectivity index (χ1v) is 7.85. The van der Waals surface area contributed by atoms with Gasteiger partial charge in [-0.3, -0.25) is 14.4 Å². The summed E-state index contributed by atoms with van der Waals surface area (Å²) in [6.45, 7) is 2.47. The van der Waals surface area contributed by atoms with Crippen LogP contribution < -0.4 is 5.32 Å². The molecule has 1 saturated heterocycles. The van der Waals surface area contributed by atoms with Gasteiger partial charge in [-0.1, -0.05) is 6.92 Å². The van der Waals surface area contributed by atoms with Crippen LogP contribution in [0.1, 0.15) is 51.9 Å². The molecule has 0 radical (unpaired) electrons. The van der Waals surface area contributed by atoms with Crippen LogP contribution in [0.3, 0.4) is 0 Å². The van der Waals surface area contributed by atoms with Gasteiger partial charge in [-0.25, -0.2) is 0 Å². The number of aliphatic carboxylic acids is 1. The van der Waals surface area contributed by atoms with Crippen molar-refractivity contribution in [2.45, 2.75) is 64.0 Å². The first-order valence-electron chi connectivity index (χ1n) is 7.85. The molecule has 1 saturated carbocycles. The number of carbonyl (C=O) groups excluding carboxylic acids is 2. The average Bonchev–Trinajstić information content (AvgIpc) is 2.96. The van der Waals surface area contributed by atoms with E-state index in [1.54, 1.807) is 4.90 Å². The van der Waals surface area contributed by atoms with Crippen molar-refractivity contribution < 1.29 is 19.5 Å². The molecule has 1 heterocycles. The van der Waals surface area contributed by atoms with Crippen molar-refractivity contribution in [1.82, 2.24) is 10.2 Å². The zero-order chi connectivity index (χ0) is 15.4. The summed E-state index contributed by atoms with van der Waals surface area (Å²) in [6.07, 6.45) is 4.66. The van der Waals surface area contributed by atoms with Crippen molar-refractivity contribution in [2.24, 2.45) is 5.92 Å². The molecule has 1 aliphatic carbocycles. The standard InChI is InChI=1S/C15H24N2O4/c1-2-13(18)17-9-3-4-12(17)14(19)16-11-7-5-10(6-8-11)15(20)21/h10-12H,2-9H2,1H3,(H,16,19)(H,20,21)/t10?,11?,12-/m0/s1. The Labute approximate surface area is 124 Å². The molecule has 2 N–H and O–H groups in total. The molecule has 2 aliphatic rings. The number of amides is 2. The minimum absolute atomic E-state index is 0.0298. The van der Waals surface area contributed by atoms with E-state index in [4.69, 9.17) is 5.11 Å². The molecule has 6 heteroatoms. The minimum Gasteiger partial charge on any atom is -0.481 e. The molecule has 6 nitrogen and oxygen atoms in total. The number of nitrogens with one attached hydrogen (secondary N) is 1. The molecule has 1 atom stereocenters. The van der Waals surface area contributed by atoms with E-state index in [9.17, 15) is 14.4 Å². The van der Waals surface area contributed by atoms with Crippen molar-refractivity contribution in [3.05, 3.63) is 0 Å². The van der Waals surface area contributed by atoms with E-state index in [1.807, 2.05) is 6.92 Å². The van der Waals surface area contributed by atoms with Crippen molar-refractivity contribution in [3.63, 3.8) is 0 Å². The first-order chi connectivity index (χ1) is 10.0. The van der Waals surface area contributed by atoms with E-state index < -0.39 is 5.97 Å². The van der Waals surface area contributed by atoms with Crippen LogP contribution in [-0.4, -0.2) is 46.4 Å². The number of likely N-dealkylation sites (tertiary alicyclic amines) is 1. The normalized spacial score (nSPS) is 29.2. The number of carbonyl (C=O) groups is 3. The lowest BCUT2D eigenvalue weighted by Crippen LogP contribution is -2.49. The molecular weight excluding hydrogens is 272 g/mol. The topological polar surface area (TPSA) is 86.7 Å². The summed E-state index contributed by atoms with van der Waals surface area (Å²) < 4.78 is 0. The van der Waals surface area contributed by atoms with Gasteiger partial charge >= 0.3 is 5.97 Å². The predicted molar refractivity (Wildman–Crippen MR) is 76.6 cm³/mol. The van der Waals surface area contributed by atoms with E-state index in [2.05, 4.69) is 5.32 Å². The van der Waals surface area contributed by atoms with Gasteiger partial charge in [0.25, 0.3) is 0 Å². The highest BCUT2D eigenvalue weighted by atomic mass is 16.4. The molecule has 0 aromatic carbocycles. The highest BCUT2D eigenvalue weighted by molar-refractivity contribution is 5.88. The maximum absolute atomic E-state index is 12.3. The highest BCUT2D eigenvalue weighted by Crippen LogP contribution is 2.25. The second kappa shape index (κ2) is 6.91. The summed E-state index contributed by atoms with van der Waals surface area (Å²) >= 11 is 0. The second-order valence-electron chi connectivity index (χ2n) is 5.99. The van der Waals surface area contributed by atoms with Gasteiger partial charge in [0.15, 0.2) is 0 Å². The quantitative estimate of drug-likeness (QED) is 0.814. The maximum atomic E-state index is 12.3. The monoisotopic (exact) mass is 296 g/mol. The maximum Gasteiger partial charge on any atom is 0.306 e. The van der Waals surface area contributed by atoms with Gasteiger partial charge in [-0.2, -0.15) is 0 Å². The number of carboxylic acid groups (broad SMARTS) is 1. The summed E-state index contributed by atoms with van der Waals surface area (Å²) in [4.78, 5) is 36.7. The van der Waals surface area contributed by atoms with Gasteiger partial charge < -0.3 is 15.3 Å². The van der Waals surface area contributed by atoms with E-state index in [0.29, 0.717) is 38.6 Å². The third-order valence-electron chi connectivity index (χ3n) is 4.60. The molecular formula is C15H24N2O4. The molecule has 118 valence electrons. The minimum atomic E-state index is -0.740. The molecule has 2 amide bonds. The van der Waals surface area contributed by atoms with Crippen molar-refractivity contribution in [2.75, 3.05) is 6.54 Å². The SMILES string of the molecule is CCC(=O)N1CCC[C@H]1C(=O)NC1CCC(C(=O)O)CC1. The lowest BCUT2D eigenvalue weighted by Gasteiger charge is -2.30. The lowest BCUT2D eigenvalue weighted by molar-refractivity contribution is -0.143. The van der Waals surface area contributed by atoms with Crippen LogP contribution in [0.5, 0.6) is 0 Å². The molecule has 0 unspecified atom stereocenters. The van der Waals surface area contributed by atoms with Gasteiger partial charge in [0.2, 0.25) is 11.8 Å². The molecule has 1 aliphatic heterocycles. The number of hydrogen-bond donors (Lipinski definition) is 2. The zero-order valence-corrected chi connectivity index (χ0v) is 12.5. The fraction of sp³-hybridized carbons (Fsp3) is 0.800. The third-order valence-corrected chi connectivity index (χ3v) is 4.60. The fourth-order valence-electron chi connectivity index (χ4n) is 3.32. The average molecular weight is 296 g/mol. The third kappa shape index (κ3) is 3.74. The summed E-state index contributed by atoms with van der Waals surface area (Å²) in [5, 5.41) is 12.0. The van der Waals surface area contributed by atoms with Crippen LogP contribution in [0.2, 0.25) is 0 Å². The smallest absolute Gasteiger partial charge is 0.306 e. The number of rotatable bonds is 4. The Morgan fingerprint density at radius 1 is 1.14 bits per heavy atom. The number of carboxylic acids is 1. The van der Waals surface area contributed by atoms with Gasteiger partial charge in [-0.15, -0.1) is 0 Å². The Bertz CT molecular complexity index is 416. The molecule has 2 fully saturated rings. The fourth-order valence-corrected chi connectivity index (χ4v) is 3.32. The predicted octanol–water partition coefficient (Wildman–Crippen LogP) is 1.15. The largest absolute Gasteiger partial charge is 0.481 e. The summed E-state index contributed by atoms with van der Waals surface area (Å²) in [7, 11) is 0. The molecule has 0 spiro atoms. The Kier molecular flexibility index (Phi) is 5.20. The van der Waals surface area contributed by atoms with Crippen molar-refractivity contribution in [1.29, 1.82) is 0 Å². The van der Waals surface area contributed by atoms with E-state index >= 15 is 0 Å². The number of hydrogen-bond acceptors (Lipinski definition) is 3. The molecule has 2 rings (SSSR count). The van der Waals surface area contributed by atoms with Crippen LogP contribution in [0, 0.1) is 5.92 Å². The molecule has 21 heavy (non-hydrogen) atoms. The molecule has 0 aromatic rings. The van der Waals surface area contributed by atoms with Crippen LogP contribution >= 0.6 is 0 Å². The Morgan fingerprint density at radius 3 is 2.38 bits per heavy atom. The van der Waals surface area contributed by atoms with Gasteiger partial charge in [0, 0.05) is 19.0 Å². The first kappa shape index (κ1) is 15.8. The van der Waals surface area contributed by atoms with Gasteiger partial charge in [-0.05, 0) is 38.5 Å². The van der Waals surface area contributed by atoms with Crippen LogP contribution in [0.15, 0.2) is 0 Å². The lowest BCUT2D eigenvalue weighted by atomic mass is 9.86. The second-order valence-corrected chi connectivity index (χ2v) is 5.99. The Balaban J connectivity index is 1.84. The van der Waals surface area contributed by atoms with Crippen LogP contribution in [0.25, 0.3) is 0 Å². The molecule has 0 aromatic heterocycles. The van der Waals surface area contributed by atoms with E-state index in [0.717, 1.165) is 12.8 Å². The van der Waals surface area contributed by atoms with Gasteiger partial charge in [0.1, 0.15) is 6.04 Å². The van der Waals surface area contributed by atoms with Crippen LogP contribution in [0.4, 0.5) is 0 Å². The van der Waals surface area contributed by atoms with Crippen molar-refractivity contribution in [3.8, 4) is 0 Å². The summed E-state index contributed by atoms with van der Waals surface area (Å²) in [5.74, 6) is -1.06. The van der Waals surface area contributed by atoms with Crippen LogP contribution in [-0.2, 0) is 14.4 Å². The summed E-state index contributed by atoms with van der Waals surface area (Å²) in [6, 6.07) is -0.290. The Morgan fingerprint density at radius 2 is 1.81 bits per heavy atom. The van der Waals surface area contributed by atoms with E-state index in [-0.39, 0.29) is 29.8 Å². The van der Waals surface area contributed by atoms with Gasteiger partial charge in [0.05, 0.1) is 5.92 Å². The highest BCUT2D eigenvalue weighted by Gasteiger charge is 2.35. The number of nitrogens with zero attached hydrogens (tertiary/aromatic N) is 1. The summed E-state index contributed by atoms with van der Waals surface area (Å²) in [5.41, 5.74) is 0. The molecule has 0 bridgehead atoms.